The summed E-state index contributed by atoms with van der Waals surface area (Å²) in [7, 11) is 0. The van der Waals surface area contributed by atoms with Crippen LogP contribution in [0.25, 0.3) is 0 Å². The van der Waals surface area contributed by atoms with Crippen molar-refractivity contribution in [2.45, 2.75) is 6.61 Å². The molecular weight excluding hydrogens is 418 g/mol. The number of carbonyl (C=O) groups is 2. The highest BCUT2D eigenvalue weighted by molar-refractivity contribution is 9.10. The molecule has 3 N–H and O–H groups in total. The van der Waals surface area contributed by atoms with Gasteiger partial charge >= 0.3 is 5.97 Å². The van der Waals surface area contributed by atoms with E-state index < -0.39 is 11.9 Å². The van der Waals surface area contributed by atoms with Crippen molar-refractivity contribution in [1.29, 1.82) is 0 Å². The normalized spacial score (nSPS) is 10.4. The third kappa shape index (κ3) is 4.48. The van der Waals surface area contributed by atoms with E-state index in [1.54, 1.807) is 12.1 Å². The summed E-state index contributed by atoms with van der Waals surface area (Å²) in [6.45, 7) is 0.0489. The van der Waals surface area contributed by atoms with E-state index in [-0.39, 0.29) is 29.2 Å². The highest BCUT2D eigenvalue weighted by atomic mass is 79.9. The molecule has 0 saturated heterocycles. The molecule has 0 spiro atoms. The van der Waals surface area contributed by atoms with Gasteiger partial charge in [0.15, 0.2) is 5.76 Å². The van der Waals surface area contributed by atoms with Gasteiger partial charge in [0.25, 0.3) is 5.91 Å². The molecule has 0 radical (unpaired) electrons. The number of aromatic hydroxyl groups is 1. The van der Waals surface area contributed by atoms with Crippen LogP contribution < -0.4 is 10.1 Å². The molecule has 27 heavy (non-hydrogen) atoms. The van der Waals surface area contributed by atoms with Crippen molar-refractivity contribution in [2.24, 2.45) is 0 Å². The average Bonchev–Trinajstić information content (AvgIpc) is 3.11. The van der Waals surface area contributed by atoms with Crippen molar-refractivity contribution in [3.63, 3.8) is 0 Å². The summed E-state index contributed by atoms with van der Waals surface area (Å²) in [5.74, 6) is -1.22. The molecule has 0 aliphatic rings. The van der Waals surface area contributed by atoms with Gasteiger partial charge in [-0.05, 0) is 48.5 Å². The zero-order chi connectivity index (χ0) is 19.4. The molecule has 0 bridgehead atoms. The molecule has 0 atom stereocenters. The Morgan fingerprint density at radius 3 is 2.52 bits per heavy atom. The minimum atomic E-state index is -1.30. The number of nitrogens with one attached hydrogen (secondary N) is 1. The molecule has 1 amide bonds. The Morgan fingerprint density at radius 1 is 1.07 bits per heavy atom. The van der Waals surface area contributed by atoms with Crippen LogP contribution in [-0.2, 0) is 6.61 Å². The molecule has 138 valence electrons. The lowest BCUT2D eigenvalue weighted by molar-refractivity contribution is 0.0693. The van der Waals surface area contributed by atoms with Crippen molar-refractivity contribution < 1.29 is 29.0 Å². The number of carboxylic acids is 1. The summed E-state index contributed by atoms with van der Waals surface area (Å²) in [6, 6.07) is 12.5. The van der Waals surface area contributed by atoms with Crippen LogP contribution in [0.15, 0.2) is 63.7 Å². The van der Waals surface area contributed by atoms with Gasteiger partial charge in [0.1, 0.15) is 23.7 Å². The van der Waals surface area contributed by atoms with E-state index in [0.29, 0.717) is 11.5 Å². The largest absolute Gasteiger partial charge is 0.507 e. The van der Waals surface area contributed by atoms with E-state index in [1.165, 1.54) is 30.5 Å². The Bertz CT molecular complexity index is 980. The first kappa shape index (κ1) is 18.5. The van der Waals surface area contributed by atoms with Crippen LogP contribution in [0.1, 0.15) is 26.5 Å². The lowest BCUT2D eigenvalue weighted by Crippen LogP contribution is -2.14. The molecule has 3 aromatic rings. The molecular formula is C19H14BrNO6. The summed E-state index contributed by atoms with van der Waals surface area (Å²) < 4.78 is 11.8. The first-order valence-corrected chi connectivity index (χ1v) is 8.56. The van der Waals surface area contributed by atoms with Crippen molar-refractivity contribution in [3.8, 4) is 11.5 Å². The lowest BCUT2D eigenvalue weighted by atomic mass is 10.1. The third-order valence-corrected chi connectivity index (χ3v) is 4.19. The van der Waals surface area contributed by atoms with Gasteiger partial charge in [0.2, 0.25) is 0 Å². The number of furan rings is 1. The van der Waals surface area contributed by atoms with Gasteiger partial charge in [-0.1, -0.05) is 15.9 Å². The summed E-state index contributed by atoms with van der Waals surface area (Å²) in [4.78, 5) is 23.6. The average molecular weight is 432 g/mol. The summed E-state index contributed by atoms with van der Waals surface area (Å²) in [6.07, 6.45) is 1.37. The SMILES string of the molecule is O=C(O)c1cc(NC(=O)c2ccoc2COc2ccc(Br)cc2)ccc1O. The maximum atomic E-state index is 12.5. The standard InChI is InChI=1S/C19H14BrNO6/c20-11-1-4-13(5-2-11)27-10-17-14(7-8-26-17)18(23)21-12-3-6-16(22)15(9-12)19(24)25/h1-9,22H,10H2,(H,21,23)(H,24,25). The van der Waals surface area contributed by atoms with Gasteiger partial charge in [-0.25, -0.2) is 4.79 Å². The van der Waals surface area contributed by atoms with E-state index in [4.69, 9.17) is 14.3 Å². The predicted octanol–water partition coefficient (Wildman–Crippen LogP) is 4.28. The summed E-state index contributed by atoms with van der Waals surface area (Å²) in [5, 5.41) is 21.2. The fourth-order valence-corrected chi connectivity index (χ4v) is 2.58. The first-order valence-electron chi connectivity index (χ1n) is 7.76. The van der Waals surface area contributed by atoms with Gasteiger partial charge in [0, 0.05) is 10.2 Å². The molecule has 7 nitrogen and oxygen atoms in total. The topological polar surface area (TPSA) is 109 Å². The number of benzene rings is 2. The Labute approximate surface area is 162 Å². The van der Waals surface area contributed by atoms with E-state index >= 15 is 0 Å². The molecule has 3 rings (SSSR count). The van der Waals surface area contributed by atoms with Crippen LogP contribution >= 0.6 is 15.9 Å². The van der Waals surface area contributed by atoms with E-state index in [2.05, 4.69) is 21.2 Å². The highest BCUT2D eigenvalue weighted by Crippen LogP contribution is 2.23. The Morgan fingerprint density at radius 2 is 1.81 bits per heavy atom. The molecule has 0 saturated carbocycles. The van der Waals surface area contributed by atoms with Crippen molar-refractivity contribution >= 4 is 33.5 Å². The first-order chi connectivity index (χ1) is 12.9. The molecule has 0 aliphatic carbocycles. The van der Waals surface area contributed by atoms with Crippen LogP contribution in [-0.4, -0.2) is 22.1 Å². The molecule has 2 aromatic carbocycles. The maximum absolute atomic E-state index is 12.5. The van der Waals surface area contributed by atoms with Crippen LogP contribution in [0.2, 0.25) is 0 Å². The van der Waals surface area contributed by atoms with Gasteiger partial charge in [-0.3, -0.25) is 4.79 Å². The highest BCUT2D eigenvalue weighted by Gasteiger charge is 2.17. The van der Waals surface area contributed by atoms with Crippen molar-refractivity contribution in [1.82, 2.24) is 0 Å². The number of carbonyl (C=O) groups excluding carboxylic acids is 1. The smallest absolute Gasteiger partial charge is 0.339 e. The number of ether oxygens (including phenoxy) is 1. The Balaban J connectivity index is 1.71. The minimum absolute atomic E-state index is 0.0489. The number of phenols is 1. The van der Waals surface area contributed by atoms with E-state index in [1.807, 2.05) is 12.1 Å². The number of hydrogen-bond acceptors (Lipinski definition) is 5. The Hall–Kier alpha value is -3.26. The fraction of sp³-hybridized carbons (Fsp3) is 0.0526. The monoisotopic (exact) mass is 431 g/mol. The molecule has 0 aliphatic heterocycles. The van der Waals surface area contributed by atoms with Gasteiger partial charge in [0.05, 0.1) is 11.8 Å². The van der Waals surface area contributed by atoms with Crippen LogP contribution in [0.4, 0.5) is 5.69 Å². The number of rotatable bonds is 6. The van der Waals surface area contributed by atoms with Gasteiger partial charge in [-0.15, -0.1) is 0 Å². The lowest BCUT2D eigenvalue weighted by Gasteiger charge is -2.08. The van der Waals surface area contributed by atoms with Gasteiger partial charge < -0.3 is 24.7 Å². The van der Waals surface area contributed by atoms with Crippen LogP contribution in [0, 0.1) is 0 Å². The van der Waals surface area contributed by atoms with E-state index in [9.17, 15) is 14.7 Å². The maximum Gasteiger partial charge on any atom is 0.339 e. The second-order valence-corrected chi connectivity index (χ2v) is 6.41. The van der Waals surface area contributed by atoms with Crippen LogP contribution in [0.5, 0.6) is 11.5 Å². The van der Waals surface area contributed by atoms with Gasteiger partial charge in [-0.2, -0.15) is 0 Å². The number of hydrogen-bond donors (Lipinski definition) is 3. The number of carboxylic acid groups (broad SMARTS) is 1. The van der Waals surface area contributed by atoms with Crippen LogP contribution in [0.3, 0.4) is 0 Å². The summed E-state index contributed by atoms with van der Waals surface area (Å²) in [5.41, 5.74) is 0.187. The predicted molar refractivity (Wildman–Crippen MR) is 100 cm³/mol. The van der Waals surface area contributed by atoms with Crippen molar-refractivity contribution in [3.05, 3.63) is 76.2 Å². The quantitative estimate of drug-likeness (QED) is 0.502. The number of aromatic carboxylic acids is 1. The second kappa shape index (κ2) is 7.96. The molecule has 8 heteroatoms. The number of anilines is 1. The number of halogens is 1. The third-order valence-electron chi connectivity index (χ3n) is 3.66. The Kier molecular flexibility index (Phi) is 5.46. The molecule has 1 aromatic heterocycles. The molecule has 0 unspecified atom stereocenters. The fourth-order valence-electron chi connectivity index (χ4n) is 2.32. The minimum Gasteiger partial charge on any atom is -0.507 e. The summed E-state index contributed by atoms with van der Waals surface area (Å²) >= 11 is 3.34. The van der Waals surface area contributed by atoms with Crippen molar-refractivity contribution in [2.75, 3.05) is 5.32 Å². The molecule has 0 fully saturated rings. The molecule has 1 heterocycles. The van der Waals surface area contributed by atoms with E-state index in [0.717, 1.165) is 4.47 Å². The second-order valence-electron chi connectivity index (χ2n) is 5.49. The zero-order valence-electron chi connectivity index (χ0n) is 13.8. The zero-order valence-corrected chi connectivity index (χ0v) is 15.4. The number of amides is 1.